The van der Waals surface area contributed by atoms with Crippen LogP contribution in [0.3, 0.4) is 0 Å². The van der Waals surface area contributed by atoms with Gasteiger partial charge in [-0.2, -0.15) is 4.39 Å². The molecule has 0 radical (unpaired) electrons. The van der Waals surface area contributed by atoms with E-state index in [-0.39, 0.29) is 6.20 Å². The topological polar surface area (TPSA) is 116 Å². The Morgan fingerprint density at radius 3 is 2.35 bits per heavy atom. The summed E-state index contributed by atoms with van der Waals surface area (Å²) < 4.78 is 59.4. The van der Waals surface area contributed by atoms with Crippen molar-refractivity contribution in [1.82, 2.24) is 4.98 Å². The molecule has 0 aliphatic carbocycles. The lowest BCUT2D eigenvalue weighted by Gasteiger charge is -2.04. The van der Waals surface area contributed by atoms with Gasteiger partial charge in [-0.25, -0.2) is 27.3 Å². The number of primary sulfonamides is 1. The summed E-state index contributed by atoms with van der Waals surface area (Å²) in [4.78, 5) is 11.8. The minimum atomic E-state index is -4.68. The summed E-state index contributed by atoms with van der Waals surface area (Å²) in [5.74, 6) is -1.97. The third-order valence-electron chi connectivity index (χ3n) is 1.67. The second kappa shape index (κ2) is 4.25. The van der Waals surface area contributed by atoms with Gasteiger partial charge in [0, 0.05) is 6.20 Å². The molecule has 0 unspecified atom stereocenters. The van der Waals surface area contributed by atoms with E-state index in [1.807, 2.05) is 0 Å². The fraction of sp³-hybridized carbons (Fsp3) is 0.167. The van der Waals surface area contributed by atoms with Crippen LogP contribution in [0.2, 0.25) is 0 Å². The number of hydrogen-bond donors (Lipinski definition) is 1. The minimum absolute atomic E-state index is 0.187. The Morgan fingerprint density at radius 1 is 1.47 bits per heavy atom. The minimum Gasteiger partial charge on any atom is -0.258 e. The number of alkyl halides is 2. The maximum Gasteiger partial charge on any atom is 0.343 e. The quantitative estimate of drug-likeness (QED) is 0.642. The first kappa shape index (κ1) is 13.3. The van der Waals surface area contributed by atoms with Gasteiger partial charge in [-0.1, -0.05) is 0 Å². The van der Waals surface area contributed by atoms with Crippen molar-refractivity contribution in [1.29, 1.82) is 0 Å². The molecule has 0 aliphatic rings. The number of sulfonamides is 1. The Labute approximate surface area is 92.3 Å². The Balaban J connectivity index is 3.69. The lowest BCUT2D eigenvalue weighted by molar-refractivity contribution is -0.391. The number of rotatable bonds is 3. The normalized spacial score (nSPS) is 11.8. The maximum absolute atomic E-state index is 13.3. The average molecular weight is 271 g/mol. The van der Waals surface area contributed by atoms with E-state index in [9.17, 15) is 31.7 Å². The molecule has 0 aromatic carbocycles. The highest BCUT2D eigenvalue weighted by Crippen LogP contribution is 2.31. The molecule has 94 valence electrons. The third-order valence-corrected chi connectivity index (χ3v) is 2.51. The zero-order valence-electron chi connectivity index (χ0n) is 7.80. The standard InChI is InChI=1S/C6H4F3N3O4S/c7-3-2(5(8)9)1-11-6(17(10,15)16)4(3)12(13)14/h1,5H,(H2,10,15,16). The van der Waals surface area contributed by atoms with Crippen molar-refractivity contribution in [2.45, 2.75) is 11.5 Å². The van der Waals surface area contributed by atoms with E-state index >= 15 is 0 Å². The zero-order chi connectivity index (χ0) is 13.4. The van der Waals surface area contributed by atoms with Gasteiger partial charge >= 0.3 is 5.69 Å². The van der Waals surface area contributed by atoms with Gasteiger partial charge in [0.05, 0.1) is 10.5 Å². The summed E-state index contributed by atoms with van der Waals surface area (Å²) in [6, 6.07) is 0. The van der Waals surface area contributed by atoms with Crippen LogP contribution in [0.25, 0.3) is 0 Å². The van der Waals surface area contributed by atoms with E-state index in [2.05, 4.69) is 10.1 Å². The lowest BCUT2D eigenvalue weighted by atomic mass is 10.2. The van der Waals surface area contributed by atoms with E-state index in [0.717, 1.165) is 0 Å². The average Bonchev–Trinajstić information content (AvgIpc) is 2.14. The summed E-state index contributed by atoms with van der Waals surface area (Å²) in [6.07, 6.45) is -3.18. The van der Waals surface area contributed by atoms with Gasteiger partial charge < -0.3 is 0 Å². The molecule has 11 heteroatoms. The van der Waals surface area contributed by atoms with E-state index in [1.165, 1.54) is 0 Å². The summed E-state index contributed by atoms with van der Waals surface area (Å²) in [6.45, 7) is 0. The molecule has 0 spiro atoms. The highest BCUT2D eigenvalue weighted by Gasteiger charge is 2.33. The van der Waals surface area contributed by atoms with Crippen LogP contribution in [0.5, 0.6) is 0 Å². The molecule has 0 saturated heterocycles. The molecule has 0 aliphatic heterocycles. The molecule has 0 atom stereocenters. The van der Waals surface area contributed by atoms with Crippen LogP contribution >= 0.6 is 0 Å². The van der Waals surface area contributed by atoms with Crippen LogP contribution in [-0.4, -0.2) is 18.3 Å². The predicted octanol–water partition coefficient (Wildman–Crippen LogP) is 0.714. The van der Waals surface area contributed by atoms with Crippen LogP contribution < -0.4 is 5.14 Å². The Kier molecular flexibility index (Phi) is 3.33. The van der Waals surface area contributed by atoms with Crippen LogP contribution in [0, 0.1) is 15.9 Å². The monoisotopic (exact) mass is 271 g/mol. The van der Waals surface area contributed by atoms with E-state index in [1.54, 1.807) is 0 Å². The van der Waals surface area contributed by atoms with Crippen molar-refractivity contribution < 1.29 is 26.5 Å². The van der Waals surface area contributed by atoms with Gasteiger partial charge in [0.1, 0.15) is 0 Å². The highest BCUT2D eigenvalue weighted by molar-refractivity contribution is 7.89. The molecule has 0 fully saturated rings. The smallest absolute Gasteiger partial charge is 0.258 e. The van der Waals surface area contributed by atoms with Crippen LogP contribution in [0.15, 0.2) is 11.2 Å². The van der Waals surface area contributed by atoms with Crippen molar-refractivity contribution in [3.63, 3.8) is 0 Å². The Hall–Kier alpha value is -1.75. The SMILES string of the molecule is NS(=O)(=O)c1ncc(C(F)F)c(F)c1[N+](=O)[O-]. The number of aromatic nitrogens is 1. The largest absolute Gasteiger partial charge is 0.343 e. The molecule has 17 heavy (non-hydrogen) atoms. The molecule has 1 aromatic rings. The number of nitrogens with zero attached hydrogens (tertiary/aromatic N) is 2. The van der Waals surface area contributed by atoms with Crippen molar-refractivity contribution in [2.75, 3.05) is 0 Å². The van der Waals surface area contributed by atoms with Crippen LogP contribution in [0.4, 0.5) is 18.9 Å². The molecule has 1 aromatic heterocycles. The van der Waals surface area contributed by atoms with E-state index in [0.29, 0.717) is 0 Å². The summed E-state index contributed by atoms with van der Waals surface area (Å²) in [5.41, 5.74) is -3.06. The number of hydrogen-bond acceptors (Lipinski definition) is 5. The molecule has 0 saturated carbocycles. The Bertz CT molecular complexity index is 574. The summed E-state index contributed by atoms with van der Waals surface area (Å²) in [5, 5.41) is 13.6. The maximum atomic E-state index is 13.3. The molecule has 0 amide bonds. The third kappa shape index (κ3) is 2.50. The van der Waals surface area contributed by atoms with E-state index in [4.69, 9.17) is 0 Å². The van der Waals surface area contributed by atoms with Crippen LogP contribution in [-0.2, 0) is 10.0 Å². The number of halogens is 3. The van der Waals surface area contributed by atoms with Crippen molar-refractivity contribution >= 4 is 15.7 Å². The summed E-state index contributed by atoms with van der Waals surface area (Å²) >= 11 is 0. The van der Waals surface area contributed by atoms with Gasteiger partial charge in [-0.3, -0.25) is 10.1 Å². The molecular formula is C6H4F3N3O4S. The lowest BCUT2D eigenvalue weighted by Crippen LogP contribution is -2.17. The number of pyridine rings is 1. The van der Waals surface area contributed by atoms with Crippen molar-refractivity contribution in [3.05, 3.63) is 27.7 Å². The molecular weight excluding hydrogens is 267 g/mol. The van der Waals surface area contributed by atoms with Crippen molar-refractivity contribution in [3.8, 4) is 0 Å². The molecule has 1 heterocycles. The second-order valence-corrected chi connectivity index (χ2v) is 4.26. The Morgan fingerprint density at radius 2 is 2.00 bits per heavy atom. The predicted molar refractivity (Wildman–Crippen MR) is 47.2 cm³/mol. The summed E-state index contributed by atoms with van der Waals surface area (Å²) in [7, 11) is -4.68. The fourth-order valence-corrected chi connectivity index (χ4v) is 1.63. The molecule has 1 rings (SSSR count). The molecule has 0 bridgehead atoms. The number of nitro groups is 1. The van der Waals surface area contributed by atoms with E-state index < -0.39 is 43.5 Å². The fourth-order valence-electron chi connectivity index (χ4n) is 0.995. The van der Waals surface area contributed by atoms with Crippen molar-refractivity contribution in [2.24, 2.45) is 5.14 Å². The van der Waals surface area contributed by atoms with Gasteiger partial charge in [0.15, 0.2) is 0 Å². The van der Waals surface area contributed by atoms with Gasteiger partial charge in [0.25, 0.3) is 21.5 Å². The first-order valence-electron chi connectivity index (χ1n) is 3.80. The first-order chi connectivity index (χ1) is 7.66. The van der Waals surface area contributed by atoms with Gasteiger partial charge in [-0.15, -0.1) is 0 Å². The van der Waals surface area contributed by atoms with Gasteiger partial charge in [0.2, 0.25) is 5.82 Å². The number of nitrogens with two attached hydrogens (primary N) is 1. The zero-order valence-corrected chi connectivity index (χ0v) is 8.62. The molecule has 2 N–H and O–H groups in total. The molecule has 7 nitrogen and oxygen atoms in total. The van der Waals surface area contributed by atoms with Crippen LogP contribution in [0.1, 0.15) is 12.0 Å². The highest BCUT2D eigenvalue weighted by atomic mass is 32.2. The van der Waals surface area contributed by atoms with Gasteiger partial charge in [-0.05, 0) is 0 Å². The first-order valence-corrected chi connectivity index (χ1v) is 5.34. The second-order valence-electron chi connectivity index (χ2n) is 2.78.